The summed E-state index contributed by atoms with van der Waals surface area (Å²) in [6.45, 7) is 2.25. The van der Waals surface area contributed by atoms with Crippen molar-refractivity contribution < 1.29 is 9.47 Å². The second-order valence-corrected chi connectivity index (χ2v) is 6.42. The van der Waals surface area contributed by atoms with Crippen LogP contribution in [0, 0.1) is 11.8 Å². The number of ether oxygens (including phenoxy) is 2. The van der Waals surface area contributed by atoms with Gasteiger partial charge in [0.1, 0.15) is 11.5 Å². The summed E-state index contributed by atoms with van der Waals surface area (Å²) in [7, 11) is 3.51. The Morgan fingerprint density at radius 1 is 1.05 bits per heavy atom. The SMILES string of the molecule is COc1ccc(OC)c(C2CCNCC2C2CCCC2)c1. The predicted molar refractivity (Wildman–Crippen MR) is 85.2 cm³/mol. The molecule has 1 N–H and O–H groups in total. The van der Waals surface area contributed by atoms with Crippen molar-refractivity contribution >= 4 is 0 Å². The molecule has 1 aliphatic carbocycles. The van der Waals surface area contributed by atoms with Crippen LogP contribution in [0.15, 0.2) is 18.2 Å². The van der Waals surface area contributed by atoms with Crippen LogP contribution < -0.4 is 14.8 Å². The lowest BCUT2D eigenvalue weighted by Gasteiger charge is -2.37. The number of benzene rings is 1. The first-order valence-electron chi connectivity index (χ1n) is 8.26. The molecular formula is C18H27NO2. The zero-order valence-electron chi connectivity index (χ0n) is 13.2. The summed E-state index contributed by atoms with van der Waals surface area (Å²) in [4.78, 5) is 0. The van der Waals surface area contributed by atoms with Gasteiger partial charge in [-0.2, -0.15) is 0 Å². The molecule has 2 atom stereocenters. The highest BCUT2D eigenvalue weighted by Crippen LogP contribution is 2.45. The van der Waals surface area contributed by atoms with Gasteiger partial charge in [0, 0.05) is 5.56 Å². The molecule has 1 aliphatic heterocycles. The molecule has 116 valence electrons. The monoisotopic (exact) mass is 289 g/mol. The van der Waals surface area contributed by atoms with E-state index in [4.69, 9.17) is 9.47 Å². The molecule has 0 amide bonds. The van der Waals surface area contributed by atoms with Crippen LogP contribution in [0.25, 0.3) is 0 Å². The van der Waals surface area contributed by atoms with Crippen LogP contribution in [0.5, 0.6) is 11.5 Å². The summed E-state index contributed by atoms with van der Waals surface area (Å²) < 4.78 is 11.1. The van der Waals surface area contributed by atoms with Crippen molar-refractivity contribution in [2.75, 3.05) is 27.3 Å². The highest BCUT2D eigenvalue weighted by molar-refractivity contribution is 5.43. The van der Waals surface area contributed by atoms with E-state index in [0.29, 0.717) is 5.92 Å². The molecule has 1 saturated heterocycles. The van der Waals surface area contributed by atoms with Gasteiger partial charge in [-0.15, -0.1) is 0 Å². The Morgan fingerprint density at radius 2 is 1.86 bits per heavy atom. The van der Waals surface area contributed by atoms with Crippen LogP contribution in [0.4, 0.5) is 0 Å². The molecule has 2 aliphatic rings. The van der Waals surface area contributed by atoms with Gasteiger partial charge in [0.05, 0.1) is 14.2 Å². The highest BCUT2D eigenvalue weighted by atomic mass is 16.5. The lowest BCUT2D eigenvalue weighted by Crippen LogP contribution is -2.38. The molecule has 3 heteroatoms. The third-order valence-corrected chi connectivity index (χ3v) is 5.37. The van der Waals surface area contributed by atoms with Gasteiger partial charge in [-0.3, -0.25) is 0 Å². The van der Waals surface area contributed by atoms with Crippen molar-refractivity contribution in [3.8, 4) is 11.5 Å². The van der Waals surface area contributed by atoms with Crippen molar-refractivity contribution in [3.63, 3.8) is 0 Å². The summed E-state index contributed by atoms with van der Waals surface area (Å²) in [6, 6.07) is 6.24. The van der Waals surface area contributed by atoms with E-state index in [9.17, 15) is 0 Å². The molecule has 1 aromatic rings. The van der Waals surface area contributed by atoms with Gasteiger partial charge in [0.2, 0.25) is 0 Å². The standard InChI is InChI=1S/C18H27NO2/c1-20-14-7-8-18(21-2)16(11-14)15-9-10-19-12-17(15)13-5-3-4-6-13/h7-8,11,13,15,17,19H,3-6,9-10,12H2,1-2H3. The van der Waals surface area contributed by atoms with Crippen LogP contribution in [-0.4, -0.2) is 27.3 Å². The Hall–Kier alpha value is -1.22. The van der Waals surface area contributed by atoms with Crippen molar-refractivity contribution in [1.82, 2.24) is 5.32 Å². The fourth-order valence-electron chi connectivity index (χ4n) is 4.28. The van der Waals surface area contributed by atoms with Crippen molar-refractivity contribution in [2.24, 2.45) is 11.8 Å². The zero-order valence-corrected chi connectivity index (χ0v) is 13.2. The average molecular weight is 289 g/mol. The van der Waals surface area contributed by atoms with Crippen molar-refractivity contribution in [3.05, 3.63) is 23.8 Å². The maximum Gasteiger partial charge on any atom is 0.122 e. The molecule has 3 rings (SSSR count). The lowest BCUT2D eigenvalue weighted by molar-refractivity contribution is 0.227. The van der Waals surface area contributed by atoms with Crippen LogP contribution in [0.1, 0.15) is 43.6 Å². The van der Waals surface area contributed by atoms with Crippen LogP contribution in [0.3, 0.4) is 0 Å². The molecule has 3 nitrogen and oxygen atoms in total. The molecule has 0 bridgehead atoms. The lowest BCUT2D eigenvalue weighted by atomic mass is 9.73. The maximum absolute atomic E-state index is 5.63. The minimum Gasteiger partial charge on any atom is -0.497 e. The van der Waals surface area contributed by atoms with E-state index in [1.807, 2.05) is 6.07 Å². The molecule has 21 heavy (non-hydrogen) atoms. The molecule has 0 radical (unpaired) electrons. The second-order valence-electron chi connectivity index (χ2n) is 6.42. The van der Waals surface area contributed by atoms with E-state index in [1.165, 1.54) is 37.7 Å². The summed E-state index contributed by atoms with van der Waals surface area (Å²) in [6.07, 6.45) is 6.81. The zero-order chi connectivity index (χ0) is 14.7. The van der Waals surface area contributed by atoms with E-state index in [1.54, 1.807) is 14.2 Å². The number of methoxy groups -OCH3 is 2. The molecular weight excluding hydrogens is 262 g/mol. The van der Waals surface area contributed by atoms with Crippen LogP contribution in [-0.2, 0) is 0 Å². The van der Waals surface area contributed by atoms with Crippen LogP contribution >= 0.6 is 0 Å². The fraction of sp³-hybridized carbons (Fsp3) is 0.667. The third kappa shape index (κ3) is 3.03. The first-order valence-corrected chi connectivity index (χ1v) is 8.26. The molecule has 2 unspecified atom stereocenters. The molecule has 0 aromatic heterocycles. The minimum atomic E-state index is 0.597. The maximum atomic E-state index is 5.63. The summed E-state index contributed by atoms with van der Waals surface area (Å²) in [5, 5.41) is 3.61. The number of rotatable bonds is 4. The van der Waals surface area contributed by atoms with E-state index < -0.39 is 0 Å². The fourth-order valence-corrected chi connectivity index (χ4v) is 4.28. The normalized spacial score (nSPS) is 26.8. The van der Waals surface area contributed by atoms with Gasteiger partial charge in [-0.25, -0.2) is 0 Å². The van der Waals surface area contributed by atoms with E-state index in [0.717, 1.165) is 36.4 Å². The second kappa shape index (κ2) is 6.69. The summed E-state index contributed by atoms with van der Waals surface area (Å²) >= 11 is 0. The first-order chi connectivity index (χ1) is 10.3. The van der Waals surface area contributed by atoms with Gasteiger partial charge in [0.25, 0.3) is 0 Å². The van der Waals surface area contributed by atoms with Gasteiger partial charge < -0.3 is 14.8 Å². The Kier molecular flexibility index (Phi) is 4.69. The van der Waals surface area contributed by atoms with Gasteiger partial charge in [-0.05, 0) is 55.5 Å². The molecule has 0 spiro atoms. The molecule has 1 aromatic carbocycles. The smallest absolute Gasteiger partial charge is 0.122 e. The number of hydrogen-bond acceptors (Lipinski definition) is 3. The van der Waals surface area contributed by atoms with E-state index >= 15 is 0 Å². The van der Waals surface area contributed by atoms with E-state index in [-0.39, 0.29) is 0 Å². The topological polar surface area (TPSA) is 30.5 Å². The summed E-state index contributed by atoms with van der Waals surface area (Å²) in [5.74, 6) is 4.17. The third-order valence-electron chi connectivity index (χ3n) is 5.37. The molecule has 1 saturated carbocycles. The van der Waals surface area contributed by atoms with Crippen LogP contribution in [0.2, 0.25) is 0 Å². The van der Waals surface area contributed by atoms with Gasteiger partial charge in [0.15, 0.2) is 0 Å². The Morgan fingerprint density at radius 3 is 2.57 bits per heavy atom. The van der Waals surface area contributed by atoms with Crippen molar-refractivity contribution in [2.45, 2.75) is 38.0 Å². The van der Waals surface area contributed by atoms with E-state index in [2.05, 4.69) is 17.4 Å². The predicted octanol–water partition coefficient (Wildman–Crippen LogP) is 3.59. The van der Waals surface area contributed by atoms with Crippen molar-refractivity contribution in [1.29, 1.82) is 0 Å². The molecule has 2 fully saturated rings. The number of nitrogens with one attached hydrogen (secondary N) is 1. The Labute approximate surface area is 128 Å². The number of piperidine rings is 1. The number of hydrogen-bond donors (Lipinski definition) is 1. The average Bonchev–Trinajstić information content (AvgIpc) is 3.08. The first kappa shape index (κ1) is 14.7. The largest absolute Gasteiger partial charge is 0.497 e. The Balaban J connectivity index is 1.91. The Bertz CT molecular complexity index is 468. The quantitative estimate of drug-likeness (QED) is 0.919. The van der Waals surface area contributed by atoms with Gasteiger partial charge in [-0.1, -0.05) is 25.7 Å². The van der Waals surface area contributed by atoms with Gasteiger partial charge >= 0.3 is 0 Å². The highest BCUT2D eigenvalue weighted by Gasteiger charge is 2.35. The molecule has 1 heterocycles. The summed E-state index contributed by atoms with van der Waals surface area (Å²) in [5.41, 5.74) is 1.34. The minimum absolute atomic E-state index is 0.597.